The van der Waals surface area contributed by atoms with E-state index in [1.54, 1.807) is 12.1 Å². The van der Waals surface area contributed by atoms with Crippen LogP contribution in [-0.4, -0.2) is 40.6 Å². The first-order chi connectivity index (χ1) is 14.7. The van der Waals surface area contributed by atoms with Gasteiger partial charge in [-0.15, -0.1) is 0 Å². The van der Waals surface area contributed by atoms with Crippen molar-refractivity contribution in [3.05, 3.63) is 65.8 Å². The molecule has 1 unspecified atom stereocenters. The smallest absolute Gasteiger partial charge is 0.241 e. The summed E-state index contributed by atoms with van der Waals surface area (Å²) in [5.74, 6) is 0.843. The minimum Gasteiger partial charge on any atom is -0.338 e. The molecular weight excluding hydrogens is 383 g/mol. The van der Waals surface area contributed by atoms with Crippen LogP contribution in [0.3, 0.4) is 0 Å². The Labute approximate surface area is 174 Å². The topological polar surface area (TPSA) is 62.5 Å². The predicted molar refractivity (Wildman–Crippen MR) is 110 cm³/mol. The van der Waals surface area contributed by atoms with Gasteiger partial charge in [0.2, 0.25) is 17.6 Å². The SMILES string of the molecule is O=C(C1CCCN(Cc2nc(-c3ccc(F)cc3)no2)C1)N1CCc2ccccc21. The summed E-state index contributed by atoms with van der Waals surface area (Å²) in [5, 5.41) is 4.01. The van der Waals surface area contributed by atoms with E-state index in [2.05, 4.69) is 21.1 Å². The second kappa shape index (κ2) is 7.99. The fourth-order valence-corrected chi connectivity index (χ4v) is 4.41. The highest BCUT2D eigenvalue weighted by Crippen LogP contribution is 2.31. The first kappa shape index (κ1) is 18.9. The lowest BCUT2D eigenvalue weighted by Gasteiger charge is -2.33. The van der Waals surface area contributed by atoms with E-state index < -0.39 is 0 Å². The summed E-state index contributed by atoms with van der Waals surface area (Å²) in [6, 6.07) is 14.2. The molecule has 1 atom stereocenters. The van der Waals surface area contributed by atoms with Gasteiger partial charge in [-0.2, -0.15) is 4.98 Å². The molecule has 2 aliphatic rings. The summed E-state index contributed by atoms with van der Waals surface area (Å²) < 4.78 is 18.5. The van der Waals surface area contributed by atoms with Gasteiger partial charge >= 0.3 is 0 Å². The maximum absolute atomic E-state index is 13.2. The van der Waals surface area contributed by atoms with Crippen molar-refractivity contribution in [1.29, 1.82) is 0 Å². The lowest BCUT2D eigenvalue weighted by molar-refractivity contribution is -0.124. The van der Waals surface area contributed by atoms with Gasteiger partial charge in [0.15, 0.2) is 0 Å². The van der Waals surface area contributed by atoms with Crippen molar-refractivity contribution in [1.82, 2.24) is 15.0 Å². The van der Waals surface area contributed by atoms with Crippen molar-refractivity contribution in [2.24, 2.45) is 5.92 Å². The number of aromatic nitrogens is 2. The average molecular weight is 406 g/mol. The van der Waals surface area contributed by atoms with Crippen LogP contribution in [0.1, 0.15) is 24.3 Å². The summed E-state index contributed by atoms with van der Waals surface area (Å²) in [6.45, 7) is 2.86. The summed E-state index contributed by atoms with van der Waals surface area (Å²) in [5.41, 5.74) is 3.02. The number of para-hydroxylation sites is 1. The van der Waals surface area contributed by atoms with E-state index in [-0.39, 0.29) is 17.6 Å². The van der Waals surface area contributed by atoms with Crippen molar-refractivity contribution < 1.29 is 13.7 Å². The van der Waals surface area contributed by atoms with Crippen LogP contribution in [0.2, 0.25) is 0 Å². The Morgan fingerprint density at radius 2 is 1.97 bits per heavy atom. The highest BCUT2D eigenvalue weighted by atomic mass is 19.1. The number of nitrogens with zero attached hydrogens (tertiary/aromatic N) is 4. The lowest BCUT2D eigenvalue weighted by Crippen LogP contribution is -2.44. The summed E-state index contributed by atoms with van der Waals surface area (Å²) >= 11 is 0. The van der Waals surface area contributed by atoms with Crippen molar-refractivity contribution >= 4 is 11.6 Å². The van der Waals surface area contributed by atoms with Gasteiger partial charge in [0.05, 0.1) is 12.5 Å². The van der Waals surface area contributed by atoms with Crippen LogP contribution < -0.4 is 4.90 Å². The molecule has 1 fully saturated rings. The monoisotopic (exact) mass is 406 g/mol. The first-order valence-electron chi connectivity index (χ1n) is 10.4. The van der Waals surface area contributed by atoms with Gasteiger partial charge in [0.25, 0.3) is 0 Å². The largest absolute Gasteiger partial charge is 0.338 e. The molecule has 5 rings (SSSR count). The molecule has 0 radical (unpaired) electrons. The summed E-state index contributed by atoms with van der Waals surface area (Å²) in [6.07, 6.45) is 2.79. The van der Waals surface area contributed by atoms with Crippen LogP contribution in [0.4, 0.5) is 10.1 Å². The lowest BCUT2D eigenvalue weighted by atomic mass is 9.96. The van der Waals surface area contributed by atoms with Gasteiger partial charge < -0.3 is 9.42 Å². The Bertz CT molecular complexity index is 1050. The number of fused-ring (bicyclic) bond motifs is 1. The van der Waals surface area contributed by atoms with Crippen molar-refractivity contribution in [3.63, 3.8) is 0 Å². The van der Waals surface area contributed by atoms with Gasteiger partial charge in [-0.25, -0.2) is 4.39 Å². The minimum atomic E-state index is -0.299. The molecule has 30 heavy (non-hydrogen) atoms. The Morgan fingerprint density at radius 1 is 1.13 bits per heavy atom. The predicted octanol–water partition coefficient (Wildman–Crippen LogP) is 3.68. The van der Waals surface area contributed by atoms with Gasteiger partial charge in [-0.3, -0.25) is 9.69 Å². The number of halogens is 1. The molecule has 1 saturated heterocycles. The molecule has 0 bridgehead atoms. The van der Waals surface area contributed by atoms with Crippen LogP contribution in [0.25, 0.3) is 11.4 Å². The number of hydrogen-bond donors (Lipinski definition) is 0. The Kier molecular flexibility index (Phi) is 5.04. The van der Waals surface area contributed by atoms with Gasteiger partial charge in [-0.1, -0.05) is 23.4 Å². The Hall–Kier alpha value is -3.06. The third-order valence-electron chi connectivity index (χ3n) is 5.94. The zero-order chi connectivity index (χ0) is 20.5. The molecule has 0 aliphatic carbocycles. The number of hydrogen-bond acceptors (Lipinski definition) is 5. The van der Waals surface area contributed by atoms with E-state index in [0.29, 0.717) is 30.4 Å². The average Bonchev–Trinajstić information content (AvgIpc) is 3.41. The number of carbonyl (C=O) groups excluding carboxylic acids is 1. The third kappa shape index (κ3) is 3.73. The maximum Gasteiger partial charge on any atom is 0.241 e. The molecule has 7 heteroatoms. The number of piperidine rings is 1. The first-order valence-corrected chi connectivity index (χ1v) is 10.4. The normalized spacial score (nSPS) is 19.1. The van der Waals surface area contributed by atoms with Crippen LogP contribution in [0.15, 0.2) is 53.1 Å². The van der Waals surface area contributed by atoms with Crippen LogP contribution in [-0.2, 0) is 17.8 Å². The van der Waals surface area contributed by atoms with Crippen LogP contribution in [0, 0.1) is 11.7 Å². The van der Waals surface area contributed by atoms with Gasteiger partial charge in [-0.05, 0) is 61.7 Å². The minimum absolute atomic E-state index is 0.0237. The third-order valence-corrected chi connectivity index (χ3v) is 5.94. The quantitative estimate of drug-likeness (QED) is 0.662. The van der Waals surface area contributed by atoms with Crippen molar-refractivity contribution in [3.8, 4) is 11.4 Å². The Balaban J connectivity index is 1.24. The number of anilines is 1. The van der Waals surface area contributed by atoms with Crippen LogP contribution >= 0.6 is 0 Å². The molecule has 154 valence electrons. The molecule has 3 aromatic rings. The highest BCUT2D eigenvalue weighted by molar-refractivity contribution is 5.97. The molecule has 3 heterocycles. The van der Waals surface area contributed by atoms with E-state index >= 15 is 0 Å². The molecule has 1 amide bonds. The fourth-order valence-electron chi connectivity index (χ4n) is 4.41. The number of amides is 1. The van der Waals surface area contributed by atoms with E-state index in [0.717, 1.165) is 38.0 Å². The maximum atomic E-state index is 13.2. The zero-order valence-corrected chi connectivity index (χ0v) is 16.6. The Morgan fingerprint density at radius 3 is 2.83 bits per heavy atom. The molecule has 0 saturated carbocycles. The number of benzene rings is 2. The second-order valence-electron chi connectivity index (χ2n) is 7.96. The van der Waals surface area contributed by atoms with E-state index in [9.17, 15) is 9.18 Å². The molecule has 0 spiro atoms. The molecule has 2 aliphatic heterocycles. The second-order valence-corrected chi connectivity index (χ2v) is 7.96. The molecular formula is C23H23FN4O2. The van der Waals surface area contributed by atoms with E-state index in [4.69, 9.17) is 4.52 Å². The van der Waals surface area contributed by atoms with Crippen LogP contribution in [0.5, 0.6) is 0 Å². The van der Waals surface area contributed by atoms with E-state index in [1.165, 1.54) is 17.7 Å². The molecule has 6 nitrogen and oxygen atoms in total. The summed E-state index contributed by atoms with van der Waals surface area (Å²) in [7, 11) is 0. The van der Waals surface area contributed by atoms with E-state index in [1.807, 2.05) is 23.1 Å². The molecule has 2 aromatic carbocycles. The highest BCUT2D eigenvalue weighted by Gasteiger charge is 2.33. The molecule has 1 aromatic heterocycles. The summed E-state index contributed by atoms with van der Waals surface area (Å²) in [4.78, 5) is 21.8. The van der Waals surface area contributed by atoms with Gasteiger partial charge in [0, 0.05) is 24.3 Å². The van der Waals surface area contributed by atoms with Crippen molar-refractivity contribution in [2.45, 2.75) is 25.8 Å². The van der Waals surface area contributed by atoms with Gasteiger partial charge in [0.1, 0.15) is 5.82 Å². The number of rotatable bonds is 4. The number of likely N-dealkylation sites (tertiary alicyclic amines) is 1. The molecule has 0 N–H and O–H groups in total. The fraction of sp³-hybridized carbons (Fsp3) is 0.348. The zero-order valence-electron chi connectivity index (χ0n) is 16.6. The standard InChI is InChI=1S/C23H23FN4O2/c24-19-9-7-17(8-10-19)22-25-21(30-26-22)15-27-12-3-5-18(14-27)23(29)28-13-11-16-4-1-2-6-20(16)28/h1-2,4,6-10,18H,3,5,11-15H2. The van der Waals surface area contributed by atoms with Crippen molar-refractivity contribution in [2.75, 3.05) is 24.5 Å². The number of carbonyl (C=O) groups is 1.